The fraction of sp³-hybridized carbons (Fsp3) is 0.434. The summed E-state index contributed by atoms with van der Waals surface area (Å²) in [5.41, 5.74) is 1.91. The Bertz CT molecular complexity index is 2820. The Kier molecular flexibility index (Phi) is 12.5. The smallest absolute Gasteiger partial charge is 0.256 e. The van der Waals surface area contributed by atoms with Crippen molar-refractivity contribution in [3.05, 3.63) is 138 Å². The van der Waals surface area contributed by atoms with E-state index in [9.17, 15) is 4.79 Å². The minimum absolute atomic E-state index is 0.0434. The predicted octanol–water partition coefficient (Wildman–Crippen LogP) is 8.01. The summed E-state index contributed by atoms with van der Waals surface area (Å²) in [6.45, 7) is 11.6. The maximum absolute atomic E-state index is 13.7. The zero-order valence-corrected chi connectivity index (χ0v) is 41.5. The zero-order chi connectivity index (χ0) is 49.3. The Morgan fingerprint density at radius 1 is 0.690 bits per heavy atom. The van der Waals surface area contributed by atoms with Crippen molar-refractivity contribution in [1.82, 2.24) is 19.5 Å². The third kappa shape index (κ3) is 8.98. The number of ether oxygens (including phenoxy) is 11. The van der Waals surface area contributed by atoms with Gasteiger partial charge in [0.2, 0.25) is 0 Å². The van der Waals surface area contributed by atoms with Crippen molar-refractivity contribution in [2.24, 2.45) is 0 Å². The van der Waals surface area contributed by atoms with Gasteiger partial charge in [-0.15, -0.1) is 0 Å². The molecule has 7 heterocycles. The SMILES string of the molecule is COc1ccc(C(OC[C@H]2O[C@@H](n3c(SC4O[C@@H]5COC(C)(C)O[C@H]5[C@@H]5OC(C)(C)O[C@H]45)nc4c(NC(=O)c5ccccc5)ncnc43)[C@@H]3OC(C)(C)O[C@@H]32)(c2ccccc2)c2ccc(OC)cc2)cc1. The molecule has 1 unspecified atom stereocenters. The first-order valence-electron chi connectivity index (χ1n) is 23.7. The number of fused-ring (bicyclic) bond motifs is 5. The van der Waals surface area contributed by atoms with E-state index < -0.39 is 77.4 Å². The van der Waals surface area contributed by atoms with Crippen molar-refractivity contribution < 1.29 is 56.9 Å². The lowest BCUT2D eigenvalue weighted by Crippen LogP contribution is -2.62. The van der Waals surface area contributed by atoms with Crippen LogP contribution in [-0.2, 0) is 48.2 Å². The summed E-state index contributed by atoms with van der Waals surface area (Å²) in [7, 11) is 3.28. The first-order chi connectivity index (χ1) is 34.1. The third-order valence-corrected chi connectivity index (χ3v) is 14.5. The number of carbonyl (C=O) groups is 1. The molecular weight excluding hydrogens is 931 g/mol. The molecule has 0 bridgehead atoms. The highest BCUT2D eigenvalue weighted by atomic mass is 32.2. The fourth-order valence-corrected chi connectivity index (χ4v) is 11.5. The van der Waals surface area contributed by atoms with Gasteiger partial charge >= 0.3 is 0 Å². The first-order valence-corrected chi connectivity index (χ1v) is 24.6. The molecule has 1 amide bonds. The van der Waals surface area contributed by atoms with E-state index >= 15 is 0 Å². The number of anilines is 1. The number of thioether (sulfide) groups is 1. The van der Waals surface area contributed by atoms with Crippen LogP contribution in [0.5, 0.6) is 11.5 Å². The maximum atomic E-state index is 13.7. The number of aromatic nitrogens is 4. The highest BCUT2D eigenvalue weighted by Crippen LogP contribution is 2.51. The normalized spacial score (nSPS) is 28.2. The second-order valence-electron chi connectivity index (χ2n) is 19.4. The molecule has 0 spiro atoms. The Morgan fingerprint density at radius 2 is 1.27 bits per heavy atom. The molecular formula is C53H57N5O12S. The van der Waals surface area contributed by atoms with E-state index in [1.807, 2.05) is 119 Å². The highest BCUT2D eigenvalue weighted by Gasteiger charge is 2.60. The van der Waals surface area contributed by atoms with E-state index in [0.29, 0.717) is 33.4 Å². The number of methoxy groups -OCH3 is 2. The number of nitrogens with zero attached hydrogens (tertiary/aromatic N) is 4. The average molecular weight is 988 g/mol. The van der Waals surface area contributed by atoms with E-state index in [0.717, 1.165) is 16.7 Å². The first kappa shape index (κ1) is 47.8. The Labute approximate surface area is 415 Å². The van der Waals surface area contributed by atoms with Gasteiger partial charge in [0.25, 0.3) is 5.91 Å². The molecule has 18 heteroatoms. The molecule has 0 saturated carbocycles. The van der Waals surface area contributed by atoms with Gasteiger partial charge in [-0.2, -0.15) is 0 Å². The van der Waals surface area contributed by atoms with Crippen molar-refractivity contribution in [2.75, 3.05) is 32.8 Å². The van der Waals surface area contributed by atoms with Gasteiger partial charge in [0.05, 0.1) is 27.4 Å². The van der Waals surface area contributed by atoms with Gasteiger partial charge in [-0.25, -0.2) is 15.0 Å². The number of imidazole rings is 1. The lowest BCUT2D eigenvalue weighted by atomic mass is 9.80. The summed E-state index contributed by atoms with van der Waals surface area (Å²) in [5, 5.41) is 3.41. The molecule has 1 N–H and O–H groups in total. The van der Waals surface area contributed by atoms with Gasteiger partial charge in [-0.05, 0) is 94.6 Å². The fourth-order valence-electron chi connectivity index (χ4n) is 10.3. The monoisotopic (exact) mass is 987 g/mol. The quantitative estimate of drug-likeness (QED) is 0.110. The zero-order valence-electron chi connectivity index (χ0n) is 40.7. The minimum atomic E-state index is -1.15. The molecule has 0 aliphatic carbocycles. The Balaban J connectivity index is 0.999. The van der Waals surface area contributed by atoms with Crippen LogP contribution in [0.15, 0.2) is 121 Å². The van der Waals surface area contributed by atoms with Crippen LogP contribution >= 0.6 is 11.8 Å². The summed E-state index contributed by atoms with van der Waals surface area (Å²) >= 11 is 1.32. The lowest BCUT2D eigenvalue weighted by molar-refractivity contribution is -0.342. The summed E-state index contributed by atoms with van der Waals surface area (Å²) < 4.78 is 73.8. The van der Waals surface area contributed by atoms with E-state index in [1.165, 1.54) is 18.1 Å². The van der Waals surface area contributed by atoms with Crippen LogP contribution in [0, 0.1) is 0 Å². The standard InChI is InChI=1S/C53H57N5O12S/c1-50(2)62-27-37-39(66-50)41-43(70-52(5,6)68-41)48(65-37)71-49-56-38-44(57-46(59)30-15-11-9-12-16-30)54-29-55-45(38)58(49)47-42-40(67-51(3,4)69-42)36(64-47)28-63-53(31-17-13-10-14-18-31,32-19-23-34(60-7)24-20-32)33-21-25-35(61-8)26-22-33/h9-26,29,36-37,39-43,47-48H,27-28H2,1-8H3,(H,54,55,57,59)/t36-,37-,39-,40-,41+,42-,43+,47-,48?/m1/s1. The second kappa shape index (κ2) is 18.5. The summed E-state index contributed by atoms with van der Waals surface area (Å²) in [5.74, 6) is -1.56. The molecule has 17 nitrogen and oxygen atoms in total. The van der Waals surface area contributed by atoms with Gasteiger partial charge in [0.1, 0.15) is 71.6 Å². The van der Waals surface area contributed by atoms with Crippen LogP contribution in [0.25, 0.3) is 11.2 Å². The molecule has 5 saturated heterocycles. The number of rotatable bonds is 13. The van der Waals surface area contributed by atoms with Gasteiger partial charge in [-0.1, -0.05) is 84.6 Å². The number of benzene rings is 4. The number of hydrogen-bond donors (Lipinski definition) is 1. The van der Waals surface area contributed by atoms with Crippen molar-refractivity contribution in [3.8, 4) is 11.5 Å². The van der Waals surface area contributed by atoms with Crippen molar-refractivity contribution in [2.45, 2.75) is 124 Å². The van der Waals surface area contributed by atoms with Crippen LogP contribution in [0.4, 0.5) is 5.82 Å². The van der Waals surface area contributed by atoms with E-state index in [1.54, 1.807) is 38.5 Å². The van der Waals surface area contributed by atoms with Gasteiger partial charge in [-0.3, -0.25) is 9.36 Å². The molecule has 9 atom stereocenters. The Morgan fingerprint density at radius 3 is 1.92 bits per heavy atom. The van der Waals surface area contributed by atoms with Gasteiger partial charge in [0.15, 0.2) is 45.7 Å². The number of carbonyl (C=O) groups excluding carboxylic acids is 1. The van der Waals surface area contributed by atoms with Crippen LogP contribution in [0.1, 0.15) is 74.8 Å². The summed E-state index contributed by atoms with van der Waals surface area (Å²) in [6.07, 6.45) is -3.57. The van der Waals surface area contributed by atoms with Crippen molar-refractivity contribution >= 4 is 34.7 Å². The molecule has 4 aromatic carbocycles. The van der Waals surface area contributed by atoms with Gasteiger partial charge < -0.3 is 57.4 Å². The molecule has 71 heavy (non-hydrogen) atoms. The van der Waals surface area contributed by atoms with Crippen molar-refractivity contribution in [1.29, 1.82) is 0 Å². The van der Waals surface area contributed by atoms with E-state index in [4.69, 9.17) is 62.1 Å². The van der Waals surface area contributed by atoms with Crippen LogP contribution < -0.4 is 14.8 Å². The molecule has 5 aliphatic rings. The minimum Gasteiger partial charge on any atom is -0.497 e. The Hall–Kier alpha value is -5.51. The predicted molar refractivity (Wildman–Crippen MR) is 259 cm³/mol. The number of hydrogen-bond acceptors (Lipinski definition) is 16. The molecule has 6 aromatic rings. The average Bonchev–Trinajstić information content (AvgIpc) is 4.10. The summed E-state index contributed by atoms with van der Waals surface area (Å²) in [4.78, 5) is 28.3. The number of amides is 1. The summed E-state index contributed by atoms with van der Waals surface area (Å²) in [6, 6.07) is 34.7. The molecule has 2 aromatic heterocycles. The lowest BCUT2D eigenvalue weighted by Gasteiger charge is -2.48. The second-order valence-corrected chi connectivity index (χ2v) is 20.5. The third-order valence-electron chi connectivity index (χ3n) is 13.4. The van der Waals surface area contributed by atoms with Crippen LogP contribution in [0.2, 0.25) is 0 Å². The molecule has 5 fully saturated rings. The molecule has 11 rings (SSSR count). The number of nitrogens with one attached hydrogen (secondary N) is 1. The van der Waals surface area contributed by atoms with E-state index in [-0.39, 0.29) is 24.9 Å². The molecule has 0 radical (unpaired) electrons. The maximum Gasteiger partial charge on any atom is 0.256 e. The van der Waals surface area contributed by atoms with Crippen LogP contribution in [0.3, 0.4) is 0 Å². The van der Waals surface area contributed by atoms with E-state index in [2.05, 4.69) is 22.4 Å². The molecule has 5 aliphatic heterocycles. The topological polar surface area (TPSA) is 174 Å². The van der Waals surface area contributed by atoms with Gasteiger partial charge in [0, 0.05) is 5.56 Å². The molecule has 372 valence electrons. The van der Waals surface area contributed by atoms with Crippen LogP contribution in [-0.4, -0.2) is 118 Å². The highest BCUT2D eigenvalue weighted by molar-refractivity contribution is 7.99. The van der Waals surface area contributed by atoms with Crippen molar-refractivity contribution in [3.63, 3.8) is 0 Å². The largest absolute Gasteiger partial charge is 0.497 e.